The molecular weight excluding hydrogens is 321 g/mol. The highest BCUT2D eigenvalue weighted by atomic mass is 35.5. The predicted molar refractivity (Wildman–Crippen MR) is 77.6 cm³/mol. The van der Waals surface area contributed by atoms with E-state index in [1.54, 1.807) is 0 Å². The first-order chi connectivity index (χ1) is 9.88. The maximum Gasteiger partial charge on any atom is 0.337 e. The summed E-state index contributed by atoms with van der Waals surface area (Å²) in [6.07, 6.45) is 1.04. The molecule has 1 aromatic carbocycles. The average molecular weight is 328 g/mol. The number of nitrogens with one attached hydrogen (secondary N) is 1. The van der Waals surface area contributed by atoms with Crippen LogP contribution in [0.1, 0.15) is 10.4 Å². The zero-order chi connectivity index (χ0) is 15.6. The molecule has 1 heterocycles. The summed E-state index contributed by atoms with van der Waals surface area (Å²) in [5.41, 5.74) is 0.0626. The van der Waals surface area contributed by atoms with Crippen LogP contribution in [-0.2, 0) is 0 Å². The maximum absolute atomic E-state index is 11.0. The van der Waals surface area contributed by atoms with Crippen LogP contribution in [0.3, 0.4) is 0 Å². The summed E-state index contributed by atoms with van der Waals surface area (Å²) in [6, 6.07) is 5.40. The second-order valence-electron chi connectivity index (χ2n) is 3.91. The molecule has 9 heteroatoms. The lowest BCUT2D eigenvalue weighted by Crippen LogP contribution is -2.01. The van der Waals surface area contributed by atoms with E-state index in [1.165, 1.54) is 18.2 Å². The highest BCUT2D eigenvalue weighted by Gasteiger charge is 2.13. The first-order valence-electron chi connectivity index (χ1n) is 5.48. The van der Waals surface area contributed by atoms with E-state index in [4.69, 9.17) is 28.3 Å². The monoisotopic (exact) mass is 327 g/mol. The van der Waals surface area contributed by atoms with E-state index in [-0.39, 0.29) is 27.1 Å². The largest absolute Gasteiger partial charge is 0.478 e. The van der Waals surface area contributed by atoms with Crippen LogP contribution in [0.25, 0.3) is 0 Å². The van der Waals surface area contributed by atoms with E-state index < -0.39 is 10.9 Å². The van der Waals surface area contributed by atoms with Crippen LogP contribution in [0, 0.1) is 10.1 Å². The second kappa shape index (κ2) is 5.94. The number of hydrogen-bond acceptors (Lipinski definition) is 5. The van der Waals surface area contributed by atoms with Crippen molar-refractivity contribution in [2.24, 2.45) is 0 Å². The molecule has 108 valence electrons. The van der Waals surface area contributed by atoms with E-state index in [0.717, 1.165) is 12.3 Å². The molecule has 2 rings (SSSR count). The van der Waals surface area contributed by atoms with Crippen LogP contribution in [0.2, 0.25) is 10.0 Å². The van der Waals surface area contributed by atoms with Gasteiger partial charge in [0.2, 0.25) is 0 Å². The van der Waals surface area contributed by atoms with Gasteiger partial charge >= 0.3 is 5.97 Å². The van der Waals surface area contributed by atoms with Gasteiger partial charge in [-0.1, -0.05) is 23.2 Å². The van der Waals surface area contributed by atoms with E-state index in [2.05, 4.69) is 10.3 Å². The van der Waals surface area contributed by atoms with E-state index in [9.17, 15) is 14.9 Å². The molecule has 0 bridgehead atoms. The van der Waals surface area contributed by atoms with Crippen molar-refractivity contribution in [1.29, 1.82) is 0 Å². The lowest BCUT2D eigenvalue weighted by Gasteiger charge is -2.08. The van der Waals surface area contributed by atoms with Gasteiger partial charge in [-0.2, -0.15) is 0 Å². The molecular formula is C12H7Cl2N3O4. The summed E-state index contributed by atoms with van der Waals surface area (Å²) in [5, 5.41) is 22.5. The number of carbonyl (C=O) groups is 1. The third-order valence-corrected chi connectivity index (χ3v) is 3.11. The summed E-state index contributed by atoms with van der Waals surface area (Å²) in [5.74, 6) is -1.01. The fourth-order valence-corrected chi connectivity index (χ4v) is 1.93. The number of nitrogens with zero attached hydrogens (tertiary/aromatic N) is 2. The maximum atomic E-state index is 11.0. The molecule has 0 amide bonds. The van der Waals surface area contributed by atoms with Gasteiger partial charge < -0.3 is 10.4 Å². The molecule has 7 nitrogen and oxygen atoms in total. The van der Waals surface area contributed by atoms with Gasteiger partial charge in [-0.05, 0) is 18.2 Å². The van der Waals surface area contributed by atoms with E-state index in [0.29, 0.717) is 5.69 Å². The highest BCUT2D eigenvalue weighted by Crippen LogP contribution is 2.28. The van der Waals surface area contributed by atoms with Crippen molar-refractivity contribution in [3.63, 3.8) is 0 Å². The Labute approximate surface area is 128 Å². The number of rotatable bonds is 4. The first-order valence-corrected chi connectivity index (χ1v) is 6.24. The molecule has 0 aliphatic carbocycles. The Hall–Kier alpha value is -2.38. The molecule has 0 aliphatic heterocycles. The van der Waals surface area contributed by atoms with Crippen molar-refractivity contribution in [1.82, 2.24) is 4.98 Å². The minimum atomic E-state index is -1.17. The minimum absolute atomic E-state index is 0.0380. The molecule has 0 aliphatic rings. The van der Waals surface area contributed by atoms with Crippen LogP contribution < -0.4 is 5.32 Å². The Balaban J connectivity index is 2.32. The highest BCUT2D eigenvalue weighted by molar-refractivity contribution is 6.34. The van der Waals surface area contributed by atoms with Gasteiger partial charge in [-0.15, -0.1) is 0 Å². The number of carboxylic acid groups (broad SMARTS) is 1. The van der Waals surface area contributed by atoms with Crippen LogP contribution in [0.5, 0.6) is 0 Å². The molecule has 0 fully saturated rings. The van der Waals surface area contributed by atoms with Crippen molar-refractivity contribution in [2.45, 2.75) is 0 Å². The Morgan fingerprint density at radius 2 is 2.00 bits per heavy atom. The zero-order valence-corrected chi connectivity index (χ0v) is 11.7. The van der Waals surface area contributed by atoms with Gasteiger partial charge in [0.1, 0.15) is 12.0 Å². The third-order valence-electron chi connectivity index (χ3n) is 2.50. The lowest BCUT2D eigenvalue weighted by molar-refractivity contribution is -0.385. The van der Waals surface area contributed by atoms with Crippen LogP contribution in [0.15, 0.2) is 30.5 Å². The van der Waals surface area contributed by atoms with Gasteiger partial charge in [0.05, 0.1) is 20.5 Å². The number of aromatic carboxylic acids is 1. The Kier molecular flexibility index (Phi) is 4.25. The predicted octanol–water partition coefficient (Wildman–Crippen LogP) is 3.74. The molecule has 2 N–H and O–H groups in total. The fraction of sp³-hybridized carbons (Fsp3) is 0. The third kappa shape index (κ3) is 3.39. The number of halogens is 2. The Morgan fingerprint density at radius 3 is 2.57 bits per heavy atom. The number of anilines is 2. The summed E-state index contributed by atoms with van der Waals surface area (Å²) in [6.45, 7) is 0. The van der Waals surface area contributed by atoms with Gasteiger partial charge in [-0.25, -0.2) is 9.78 Å². The summed E-state index contributed by atoms with van der Waals surface area (Å²) in [7, 11) is 0. The van der Waals surface area contributed by atoms with Crippen molar-refractivity contribution < 1.29 is 14.8 Å². The normalized spacial score (nSPS) is 10.2. The van der Waals surface area contributed by atoms with Crippen molar-refractivity contribution in [2.75, 3.05) is 5.32 Å². The number of benzene rings is 1. The SMILES string of the molecule is O=C(O)c1cc(Nc2ncc([N+](=O)[O-])cc2Cl)ccc1Cl. The zero-order valence-electron chi connectivity index (χ0n) is 10.2. The van der Waals surface area contributed by atoms with Crippen molar-refractivity contribution in [3.8, 4) is 0 Å². The van der Waals surface area contributed by atoms with E-state index in [1.807, 2.05) is 0 Å². The van der Waals surface area contributed by atoms with Crippen LogP contribution in [-0.4, -0.2) is 21.0 Å². The topological polar surface area (TPSA) is 105 Å². The Bertz CT molecular complexity index is 736. The molecule has 0 unspecified atom stereocenters. The molecule has 0 saturated heterocycles. The first kappa shape index (κ1) is 15.0. The number of pyridine rings is 1. The molecule has 21 heavy (non-hydrogen) atoms. The van der Waals surface area contributed by atoms with Gasteiger partial charge in [-0.3, -0.25) is 10.1 Å². The lowest BCUT2D eigenvalue weighted by atomic mass is 10.2. The average Bonchev–Trinajstić information content (AvgIpc) is 2.42. The molecule has 0 radical (unpaired) electrons. The van der Waals surface area contributed by atoms with E-state index >= 15 is 0 Å². The summed E-state index contributed by atoms with van der Waals surface area (Å²) >= 11 is 11.6. The van der Waals surface area contributed by atoms with Crippen molar-refractivity contribution in [3.05, 3.63) is 56.2 Å². The number of nitro groups is 1. The van der Waals surface area contributed by atoms with Crippen molar-refractivity contribution >= 4 is 46.4 Å². The Morgan fingerprint density at radius 1 is 1.29 bits per heavy atom. The quantitative estimate of drug-likeness (QED) is 0.654. The summed E-state index contributed by atoms with van der Waals surface area (Å²) in [4.78, 5) is 24.8. The number of hydrogen-bond donors (Lipinski definition) is 2. The van der Waals surface area contributed by atoms with Crippen LogP contribution in [0.4, 0.5) is 17.2 Å². The standard InChI is InChI=1S/C12H7Cl2N3O4/c13-9-2-1-6(3-8(9)12(18)19)16-11-10(14)4-7(5-15-11)17(20)21/h1-5H,(H,15,16)(H,18,19). The second-order valence-corrected chi connectivity index (χ2v) is 4.72. The minimum Gasteiger partial charge on any atom is -0.478 e. The number of carboxylic acids is 1. The van der Waals surface area contributed by atoms with Gasteiger partial charge in [0.15, 0.2) is 0 Å². The van der Waals surface area contributed by atoms with Gasteiger partial charge in [0.25, 0.3) is 5.69 Å². The van der Waals surface area contributed by atoms with Gasteiger partial charge in [0, 0.05) is 11.8 Å². The molecule has 2 aromatic rings. The molecule has 1 aromatic heterocycles. The molecule has 0 atom stereocenters. The summed E-state index contributed by atoms with van der Waals surface area (Å²) < 4.78 is 0. The molecule has 0 saturated carbocycles. The smallest absolute Gasteiger partial charge is 0.337 e. The fourth-order valence-electron chi connectivity index (χ4n) is 1.52. The van der Waals surface area contributed by atoms with Crippen LogP contribution >= 0.6 is 23.2 Å². The number of aromatic nitrogens is 1. The molecule has 0 spiro atoms.